The Balaban J connectivity index is 1.73. The lowest BCUT2D eigenvalue weighted by Gasteiger charge is -2.36. The van der Waals surface area contributed by atoms with Crippen LogP contribution in [0.4, 0.5) is 5.69 Å². The molecule has 0 saturated heterocycles. The standard InChI is InChI=1S/C22H26N6O3S/c1-5-32(29,30)16-7-9-20(31-4)18(13-16)22(23)24-11-10-21(25-22)28(3)15-6-8-17-14(2)26-27-19(17)12-15/h6-13,25H,5,23H2,1-4H3,(H,26,27)/i9D. The topological polar surface area (TPSA) is 126 Å². The lowest BCUT2D eigenvalue weighted by atomic mass is 10.1. The highest BCUT2D eigenvalue weighted by Crippen LogP contribution is 2.33. The zero-order valence-corrected chi connectivity index (χ0v) is 19.1. The molecule has 1 atom stereocenters. The van der Waals surface area contributed by atoms with Gasteiger partial charge in [-0.05, 0) is 49.4 Å². The van der Waals surface area contributed by atoms with Crippen molar-refractivity contribution in [2.24, 2.45) is 10.7 Å². The lowest BCUT2D eigenvalue weighted by Crippen LogP contribution is -2.52. The van der Waals surface area contributed by atoms with Crippen LogP contribution in [-0.2, 0) is 15.6 Å². The molecule has 4 N–H and O–H groups in total. The van der Waals surface area contributed by atoms with E-state index in [-0.39, 0.29) is 28.0 Å². The van der Waals surface area contributed by atoms with E-state index in [1.165, 1.54) is 19.2 Å². The average molecular weight is 456 g/mol. The van der Waals surface area contributed by atoms with E-state index >= 15 is 0 Å². The molecule has 2 aromatic carbocycles. The van der Waals surface area contributed by atoms with Crippen molar-refractivity contribution in [2.45, 2.75) is 24.5 Å². The number of nitrogens with two attached hydrogens (primary N) is 1. The number of allylic oxidation sites excluding steroid dienone is 1. The second-order valence-electron chi connectivity index (χ2n) is 7.52. The van der Waals surface area contributed by atoms with E-state index in [9.17, 15) is 8.42 Å². The number of nitrogens with zero attached hydrogens (tertiary/aromatic N) is 3. The van der Waals surface area contributed by atoms with Gasteiger partial charge in [0.05, 0.1) is 30.2 Å². The summed E-state index contributed by atoms with van der Waals surface area (Å²) in [6.45, 7) is 3.51. The summed E-state index contributed by atoms with van der Waals surface area (Å²) in [5.74, 6) is -0.882. The fourth-order valence-corrected chi connectivity index (χ4v) is 4.44. The molecule has 10 heteroatoms. The second-order valence-corrected chi connectivity index (χ2v) is 9.79. The number of aryl methyl sites for hydroxylation is 1. The van der Waals surface area contributed by atoms with Gasteiger partial charge in [0.15, 0.2) is 9.84 Å². The molecule has 1 aromatic heterocycles. The van der Waals surface area contributed by atoms with Gasteiger partial charge in [-0.15, -0.1) is 0 Å². The van der Waals surface area contributed by atoms with Crippen LogP contribution in [0.5, 0.6) is 5.75 Å². The third-order valence-electron chi connectivity index (χ3n) is 5.54. The van der Waals surface area contributed by atoms with Gasteiger partial charge >= 0.3 is 0 Å². The summed E-state index contributed by atoms with van der Waals surface area (Å²) in [6.07, 6.45) is 3.30. The van der Waals surface area contributed by atoms with Gasteiger partial charge in [0.1, 0.15) is 11.6 Å². The molecule has 9 nitrogen and oxygen atoms in total. The highest BCUT2D eigenvalue weighted by Gasteiger charge is 2.34. The number of rotatable bonds is 6. The number of sulfone groups is 1. The Bertz CT molecular complexity index is 1400. The van der Waals surface area contributed by atoms with E-state index in [1.54, 1.807) is 19.2 Å². The number of methoxy groups -OCH3 is 1. The molecule has 2 heterocycles. The number of H-pyrrole nitrogens is 1. The molecule has 1 aliphatic heterocycles. The van der Waals surface area contributed by atoms with Crippen molar-refractivity contribution in [1.29, 1.82) is 0 Å². The Labute approximate surface area is 188 Å². The average Bonchev–Trinajstić information content (AvgIpc) is 3.18. The molecule has 32 heavy (non-hydrogen) atoms. The minimum Gasteiger partial charge on any atom is -0.496 e. The van der Waals surface area contributed by atoms with Gasteiger partial charge in [0.25, 0.3) is 0 Å². The summed E-state index contributed by atoms with van der Waals surface area (Å²) < 4.78 is 38.7. The third kappa shape index (κ3) is 3.71. The van der Waals surface area contributed by atoms with E-state index in [4.69, 9.17) is 11.8 Å². The SMILES string of the molecule is [2H]c1cc(S(=O)(=O)CC)cc(C2(N)N=CC=C(N(C)c3ccc4c(C)[nH]nc4c3)N2)c1OC. The van der Waals surface area contributed by atoms with Crippen LogP contribution in [0.2, 0.25) is 0 Å². The van der Waals surface area contributed by atoms with Gasteiger partial charge in [-0.3, -0.25) is 10.8 Å². The van der Waals surface area contributed by atoms with E-state index in [0.29, 0.717) is 5.82 Å². The summed E-state index contributed by atoms with van der Waals surface area (Å²) in [7, 11) is -0.298. The predicted octanol–water partition coefficient (Wildman–Crippen LogP) is 2.39. The number of hydrogen-bond donors (Lipinski definition) is 3. The largest absolute Gasteiger partial charge is 0.496 e. The quantitative estimate of drug-likeness (QED) is 0.521. The Morgan fingerprint density at radius 2 is 2.09 bits per heavy atom. The van der Waals surface area contributed by atoms with E-state index in [1.807, 2.05) is 37.1 Å². The minimum atomic E-state index is -3.57. The highest BCUT2D eigenvalue weighted by atomic mass is 32.2. The fraction of sp³-hybridized carbons (Fsp3) is 0.273. The first kappa shape index (κ1) is 20.5. The summed E-state index contributed by atoms with van der Waals surface area (Å²) in [4.78, 5) is 6.26. The molecular weight excluding hydrogens is 428 g/mol. The Morgan fingerprint density at radius 1 is 1.31 bits per heavy atom. The van der Waals surface area contributed by atoms with Crippen molar-refractivity contribution in [1.82, 2.24) is 15.5 Å². The van der Waals surface area contributed by atoms with E-state index < -0.39 is 15.6 Å². The van der Waals surface area contributed by atoms with Gasteiger partial charge in [-0.25, -0.2) is 13.4 Å². The molecule has 168 valence electrons. The number of aromatic nitrogens is 2. The van der Waals surface area contributed by atoms with Gasteiger partial charge in [0, 0.05) is 30.0 Å². The number of aliphatic imine (C=N–C) groups is 1. The van der Waals surface area contributed by atoms with Crippen LogP contribution in [0.25, 0.3) is 10.9 Å². The van der Waals surface area contributed by atoms with Crippen molar-refractivity contribution >= 4 is 32.6 Å². The fourth-order valence-electron chi connectivity index (χ4n) is 3.57. The van der Waals surface area contributed by atoms with Gasteiger partial charge in [0.2, 0.25) is 5.79 Å². The van der Waals surface area contributed by atoms with Gasteiger partial charge < -0.3 is 15.0 Å². The maximum atomic E-state index is 12.5. The Morgan fingerprint density at radius 3 is 2.81 bits per heavy atom. The first-order chi connectivity index (χ1) is 15.6. The van der Waals surface area contributed by atoms with Crippen molar-refractivity contribution in [2.75, 3.05) is 24.8 Å². The molecule has 1 aliphatic rings. The summed E-state index contributed by atoms with van der Waals surface area (Å²) in [5.41, 5.74) is 9.56. The van der Waals surface area contributed by atoms with Crippen LogP contribution in [0.15, 0.2) is 58.2 Å². The molecule has 0 saturated carbocycles. The van der Waals surface area contributed by atoms with Crippen LogP contribution in [-0.4, -0.2) is 44.7 Å². The van der Waals surface area contributed by atoms with Crippen molar-refractivity contribution in [3.05, 3.63) is 59.5 Å². The number of ether oxygens (including phenoxy) is 1. The Hall–Kier alpha value is -3.37. The van der Waals surface area contributed by atoms with Crippen LogP contribution < -0.4 is 20.7 Å². The van der Waals surface area contributed by atoms with E-state index in [2.05, 4.69) is 20.5 Å². The van der Waals surface area contributed by atoms with Crippen LogP contribution in [0, 0.1) is 6.92 Å². The molecule has 0 spiro atoms. The predicted molar refractivity (Wildman–Crippen MR) is 126 cm³/mol. The van der Waals surface area contributed by atoms with E-state index in [0.717, 1.165) is 22.3 Å². The number of aromatic amines is 1. The third-order valence-corrected chi connectivity index (χ3v) is 7.25. The zero-order valence-electron chi connectivity index (χ0n) is 19.3. The summed E-state index contributed by atoms with van der Waals surface area (Å²) >= 11 is 0. The maximum Gasteiger partial charge on any atom is 0.213 e. The molecular formula is C22H26N6O3S. The van der Waals surface area contributed by atoms with Gasteiger partial charge in [-0.1, -0.05) is 6.92 Å². The smallest absolute Gasteiger partial charge is 0.213 e. The molecule has 0 aliphatic carbocycles. The van der Waals surface area contributed by atoms with Crippen LogP contribution in [0.3, 0.4) is 0 Å². The molecule has 3 aromatic rings. The molecule has 4 rings (SSSR count). The first-order valence-corrected chi connectivity index (χ1v) is 11.7. The molecule has 0 radical (unpaired) electrons. The molecule has 0 bridgehead atoms. The highest BCUT2D eigenvalue weighted by molar-refractivity contribution is 7.91. The van der Waals surface area contributed by atoms with Crippen LogP contribution in [0.1, 0.15) is 19.6 Å². The summed E-state index contributed by atoms with van der Waals surface area (Å²) in [6, 6.07) is 8.49. The van der Waals surface area contributed by atoms with Gasteiger partial charge in [-0.2, -0.15) is 5.10 Å². The second kappa shape index (κ2) is 7.95. The first-order valence-electron chi connectivity index (χ1n) is 10.5. The summed E-state index contributed by atoms with van der Waals surface area (Å²) in [5, 5.41) is 11.5. The molecule has 0 amide bonds. The molecule has 0 fully saturated rings. The van der Waals surface area contributed by atoms with Crippen molar-refractivity contribution in [3.63, 3.8) is 0 Å². The molecule has 1 unspecified atom stereocenters. The zero-order chi connectivity index (χ0) is 24.0. The van der Waals surface area contributed by atoms with Crippen molar-refractivity contribution in [3.8, 4) is 5.75 Å². The maximum absolute atomic E-state index is 12.5. The number of anilines is 1. The number of benzene rings is 2. The lowest BCUT2D eigenvalue weighted by molar-refractivity contribution is 0.351. The van der Waals surface area contributed by atoms with Crippen molar-refractivity contribution < 1.29 is 14.5 Å². The van der Waals surface area contributed by atoms with Crippen LogP contribution >= 0.6 is 0 Å². The monoisotopic (exact) mass is 455 g/mol. The number of hydrogen-bond acceptors (Lipinski definition) is 8. The Kier molecular flexibility index (Phi) is 5.10. The normalized spacial score (nSPS) is 18.8. The minimum absolute atomic E-state index is 0.00330. The number of fused-ring (bicyclic) bond motifs is 1. The number of nitrogens with one attached hydrogen (secondary N) is 2.